The molecule has 1 unspecified atom stereocenters. The molecule has 2 aromatic heterocycles. The minimum absolute atomic E-state index is 0.0358. The minimum atomic E-state index is 0.0358. The van der Waals surface area contributed by atoms with E-state index in [4.69, 9.17) is 9.97 Å². The zero-order valence-corrected chi connectivity index (χ0v) is 32.7. The second-order valence-corrected chi connectivity index (χ2v) is 18.4. The summed E-state index contributed by atoms with van der Waals surface area (Å²) in [5, 5.41) is 0. The smallest absolute Gasteiger partial charge is 0.223 e. The van der Waals surface area contributed by atoms with Crippen molar-refractivity contribution in [3.05, 3.63) is 89.0 Å². The molecule has 5 aromatic rings. The average molecular weight is 738 g/mol. The lowest BCUT2D eigenvalue weighted by Crippen LogP contribution is -2.31. The fourth-order valence-corrected chi connectivity index (χ4v) is 9.85. The molecule has 9 heteroatoms. The summed E-state index contributed by atoms with van der Waals surface area (Å²) >= 11 is 0. The van der Waals surface area contributed by atoms with Gasteiger partial charge in [-0.05, 0) is 135 Å². The van der Waals surface area contributed by atoms with Crippen LogP contribution in [0.15, 0.2) is 60.7 Å². The van der Waals surface area contributed by atoms with Crippen molar-refractivity contribution in [3.63, 3.8) is 0 Å². The van der Waals surface area contributed by atoms with E-state index in [1.807, 2.05) is 0 Å². The fourth-order valence-electron chi connectivity index (χ4n) is 9.85. The number of likely N-dealkylation sites (tertiary alicyclic amines) is 2. The van der Waals surface area contributed by atoms with Crippen LogP contribution in [0, 0.1) is 11.8 Å². The lowest BCUT2D eigenvalue weighted by atomic mass is 9.87. The van der Waals surface area contributed by atoms with Crippen molar-refractivity contribution in [2.75, 3.05) is 18.0 Å². The van der Waals surface area contributed by atoms with Crippen molar-refractivity contribution in [3.8, 4) is 0 Å². The SMILES string of the molecule is CC(C)(C)c1ccc(N2C(c3ccc4nc([C@@H]5CCCN5C(=O)CC5CC5)[nH]c4c3)CC[C@@H]2c2ccc3nc([C@@H]4CCCN4C(=O)CC4CC4)[nH]c3c2)cc1. The van der Waals surface area contributed by atoms with Gasteiger partial charge < -0.3 is 24.7 Å². The first-order valence-electron chi connectivity index (χ1n) is 21.1. The summed E-state index contributed by atoms with van der Waals surface area (Å²) in [7, 11) is 0. The van der Waals surface area contributed by atoms with Crippen LogP contribution in [0.4, 0.5) is 5.69 Å². The van der Waals surface area contributed by atoms with Crippen molar-refractivity contribution in [2.45, 2.75) is 127 Å². The van der Waals surface area contributed by atoms with Crippen LogP contribution in [0.5, 0.6) is 0 Å². The third-order valence-electron chi connectivity index (χ3n) is 13.3. The Morgan fingerprint density at radius 1 is 0.618 bits per heavy atom. The van der Waals surface area contributed by atoms with Gasteiger partial charge in [0, 0.05) is 31.6 Å². The van der Waals surface area contributed by atoms with Gasteiger partial charge in [-0.25, -0.2) is 9.97 Å². The van der Waals surface area contributed by atoms with Crippen molar-refractivity contribution in [1.82, 2.24) is 29.7 Å². The third-order valence-corrected chi connectivity index (χ3v) is 13.3. The van der Waals surface area contributed by atoms with E-state index in [1.54, 1.807) is 0 Å². The number of nitrogens with one attached hydrogen (secondary N) is 2. The van der Waals surface area contributed by atoms with Crippen molar-refractivity contribution >= 4 is 39.6 Å². The first-order valence-corrected chi connectivity index (χ1v) is 21.1. The van der Waals surface area contributed by atoms with Gasteiger partial charge in [0.25, 0.3) is 0 Å². The monoisotopic (exact) mass is 737 g/mol. The molecule has 0 bridgehead atoms. The van der Waals surface area contributed by atoms with Crippen LogP contribution < -0.4 is 4.90 Å². The predicted molar refractivity (Wildman–Crippen MR) is 217 cm³/mol. The molecule has 5 fully saturated rings. The van der Waals surface area contributed by atoms with Crippen LogP contribution in [-0.4, -0.2) is 54.6 Å². The largest absolute Gasteiger partial charge is 0.357 e. The zero-order chi connectivity index (χ0) is 37.4. The molecule has 0 spiro atoms. The number of aromatic amines is 2. The van der Waals surface area contributed by atoms with Gasteiger partial charge in [0.1, 0.15) is 11.6 Å². The molecule has 3 aliphatic heterocycles. The van der Waals surface area contributed by atoms with Gasteiger partial charge in [-0.1, -0.05) is 45.0 Å². The number of carbonyl (C=O) groups excluding carboxylic acids is 2. The quantitative estimate of drug-likeness (QED) is 0.157. The second-order valence-electron chi connectivity index (χ2n) is 18.4. The average Bonchev–Trinajstić information content (AvgIpc) is 3.77. The summed E-state index contributed by atoms with van der Waals surface area (Å²) in [6.45, 7) is 8.47. The number of amides is 2. The van der Waals surface area contributed by atoms with Crippen molar-refractivity contribution < 1.29 is 9.59 Å². The number of hydrogen-bond donors (Lipinski definition) is 2. The lowest BCUT2D eigenvalue weighted by molar-refractivity contribution is -0.133. The van der Waals surface area contributed by atoms with Crippen LogP contribution in [0.25, 0.3) is 22.1 Å². The molecule has 3 saturated heterocycles. The second kappa shape index (κ2) is 13.5. The van der Waals surface area contributed by atoms with Gasteiger partial charge in [-0.15, -0.1) is 0 Å². The molecule has 2 N–H and O–H groups in total. The number of rotatable bonds is 9. The molecule has 5 heterocycles. The maximum absolute atomic E-state index is 13.2. The van der Waals surface area contributed by atoms with Gasteiger partial charge in [0.15, 0.2) is 0 Å². The maximum Gasteiger partial charge on any atom is 0.223 e. The number of fused-ring (bicyclic) bond motifs is 2. The molecule has 3 aromatic carbocycles. The van der Waals surface area contributed by atoms with Gasteiger partial charge in [0.05, 0.1) is 46.2 Å². The molecule has 4 atom stereocenters. The van der Waals surface area contributed by atoms with Crippen LogP contribution in [0.3, 0.4) is 0 Å². The van der Waals surface area contributed by atoms with Crippen LogP contribution >= 0.6 is 0 Å². The highest BCUT2D eigenvalue weighted by atomic mass is 16.2. The molecule has 5 aliphatic rings. The Labute approximate surface area is 324 Å². The minimum Gasteiger partial charge on any atom is -0.357 e. The highest BCUT2D eigenvalue weighted by molar-refractivity contribution is 5.80. The summed E-state index contributed by atoms with van der Waals surface area (Å²) in [6, 6.07) is 23.1. The van der Waals surface area contributed by atoms with E-state index in [2.05, 4.69) is 106 Å². The molecule has 2 saturated carbocycles. The highest BCUT2D eigenvalue weighted by Crippen LogP contribution is 2.48. The Hall–Kier alpha value is -4.66. The predicted octanol–water partition coefficient (Wildman–Crippen LogP) is 9.75. The van der Waals surface area contributed by atoms with Crippen molar-refractivity contribution in [2.24, 2.45) is 11.8 Å². The van der Waals surface area contributed by atoms with E-state index < -0.39 is 0 Å². The van der Waals surface area contributed by atoms with Crippen LogP contribution in [-0.2, 0) is 15.0 Å². The number of imidazole rings is 2. The Balaban J connectivity index is 0.956. The summed E-state index contributed by atoms with van der Waals surface area (Å²) in [5.41, 5.74) is 9.20. The Morgan fingerprint density at radius 2 is 1.09 bits per heavy atom. The van der Waals surface area contributed by atoms with E-state index >= 15 is 0 Å². The molecule has 55 heavy (non-hydrogen) atoms. The molecule has 10 rings (SSSR count). The maximum atomic E-state index is 13.2. The van der Waals surface area contributed by atoms with Gasteiger partial charge in [0.2, 0.25) is 11.8 Å². The standard InChI is InChI=1S/C46H55N7O2/c1-46(2,3)32-14-16-33(17-15-32)53-38(30-12-18-34-36(26-30)49-44(47-34)40-6-4-22-51(40)42(54)24-28-8-9-28)20-21-39(53)31-13-19-35-37(27-31)50-45(48-35)41-7-5-23-52(41)43(55)25-29-10-11-29/h12-19,26-29,38-41H,4-11,20-25H2,1-3H3,(H,47,49)(H,48,50)/t38-,39?,40+,41+/m1/s1. The van der Waals surface area contributed by atoms with Gasteiger partial charge in [-0.3, -0.25) is 9.59 Å². The summed E-state index contributed by atoms with van der Waals surface area (Å²) < 4.78 is 0. The van der Waals surface area contributed by atoms with Gasteiger partial charge >= 0.3 is 0 Å². The molecular formula is C46H55N7O2. The summed E-state index contributed by atoms with van der Waals surface area (Å²) in [6.07, 6.45) is 12.2. The van der Waals surface area contributed by atoms with Crippen LogP contribution in [0.1, 0.15) is 150 Å². The first-order chi connectivity index (χ1) is 26.7. The molecule has 2 amide bonds. The molecule has 9 nitrogen and oxygen atoms in total. The normalized spacial score (nSPS) is 24.5. The number of H-pyrrole nitrogens is 2. The Kier molecular flexibility index (Phi) is 8.56. The van der Waals surface area contributed by atoms with E-state index in [1.165, 1.54) is 48.1 Å². The number of nitrogens with zero attached hydrogens (tertiary/aromatic N) is 5. The van der Waals surface area contributed by atoms with E-state index in [-0.39, 0.29) is 29.6 Å². The summed E-state index contributed by atoms with van der Waals surface area (Å²) in [4.78, 5) is 50.6. The number of anilines is 1. The molecule has 0 radical (unpaired) electrons. The van der Waals surface area contributed by atoms with E-state index in [9.17, 15) is 9.59 Å². The van der Waals surface area contributed by atoms with E-state index in [0.29, 0.717) is 36.5 Å². The Morgan fingerprint density at radius 3 is 1.53 bits per heavy atom. The number of carbonyl (C=O) groups is 2. The molecule has 286 valence electrons. The summed E-state index contributed by atoms with van der Waals surface area (Å²) in [5.74, 6) is 3.61. The lowest BCUT2D eigenvalue weighted by Gasteiger charge is -2.34. The zero-order valence-electron chi connectivity index (χ0n) is 32.7. The third kappa shape index (κ3) is 6.71. The Bertz CT molecular complexity index is 2110. The van der Waals surface area contributed by atoms with Gasteiger partial charge in [-0.2, -0.15) is 0 Å². The number of benzene rings is 3. The van der Waals surface area contributed by atoms with Crippen molar-refractivity contribution in [1.29, 1.82) is 0 Å². The fraction of sp³-hybridized carbons (Fsp3) is 0.522. The highest BCUT2D eigenvalue weighted by Gasteiger charge is 2.39. The number of aromatic nitrogens is 4. The first kappa shape index (κ1) is 34.8. The van der Waals surface area contributed by atoms with E-state index in [0.717, 1.165) is 85.3 Å². The molecular weight excluding hydrogens is 683 g/mol. The van der Waals surface area contributed by atoms with Crippen LogP contribution in [0.2, 0.25) is 0 Å². The number of hydrogen-bond acceptors (Lipinski definition) is 5. The topological polar surface area (TPSA) is 101 Å². The molecule has 2 aliphatic carbocycles.